The van der Waals surface area contributed by atoms with Crippen molar-refractivity contribution in [2.75, 3.05) is 13.1 Å². The maximum Gasteiger partial charge on any atom is 0.326 e. The zero-order valence-electron chi connectivity index (χ0n) is 9.40. The van der Waals surface area contributed by atoms with E-state index in [2.05, 4.69) is 4.98 Å². The Balaban J connectivity index is 2.05. The van der Waals surface area contributed by atoms with Crippen molar-refractivity contribution >= 4 is 22.8 Å². The first-order valence-corrected chi connectivity index (χ1v) is 6.19. The molecule has 1 N–H and O–H groups in total. The summed E-state index contributed by atoms with van der Waals surface area (Å²) in [5.41, 5.74) is 1.88. The number of aromatic nitrogens is 2. The van der Waals surface area contributed by atoms with Gasteiger partial charge in [0.25, 0.3) is 0 Å². The SMILES string of the molecule is O=c1[nH]c2ccccc2n1C1CCN(Cl)CC1. The van der Waals surface area contributed by atoms with Gasteiger partial charge in [-0.1, -0.05) is 12.1 Å². The molecule has 5 heteroatoms. The lowest BCUT2D eigenvalue weighted by Crippen LogP contribution is -2.32. The number of hydrogen-bond donors (Lipinski definition) is 1. The van der Waals surface area contributed by atoms with Crippen molar-refractivity contribution in [1.82, 2.24) is 14.0 Å². The number of piperidine rings is 1. The summed E-state index contributed by atoms with van der Waals surface area (Å²) in [6.45, 7) is 1.66. The van der Waals surface area contributed by atoms with E-state index in [1.807, 2.05) is 28.8 Å². The van der Waals surface area contributed by atoms with Gasteiger partial charge < -0.3 is 4.98 Å². The quantitative estimate of drug-likeness (QED) is 0.789. The molecule has 17 heavy (non-hydrogen) atoms. The number of nitrogens with zero attached hydrogens (tertiary/aromatic N) is 2. The number of H-pyrrole nitrogens is 1. The Labute approximate surface area is 104 Å². The number of rotatable bonds is 1. The van der Waals surface area contributed by atoms with Crippen LogP contribution in [0.1, 0.15) is 18.9 Å². The standard InChI is InChI=1S/C12H14ClN3O/c13-15-7-5-9(6-8-15)16-11-4-2-1-3-10(11)14-12(16)17/h1-4,9H,5-8H2,(H,14,17). The average molecular weight is 252 g/mol. The minimum atomic E-state index is -0.0146. The first kappa shape index (κ1) is 10.9. The summed E-state index contributed by atoms with van der Waals surface area (Å²) in [7, 11) is 0. The van der Waals surface area contributed by atoms with Crippen LogP contribution in [0.3, 0.4) is 0 Å². The number of nitrogens with one attached hydrogen (secondary N) is 1. The van der Waals surface area contributed by atoms with Crippen molar-refractivity contribution in [3.05, 3.63) is 34.7 Å². The van der Waals surface area contributed by atoms with Crippen molar-refractivity contribution in [1.29, 1.82) is 0 Å². The summed E-state index contributed by atoms with van der Waals surface area (Å²) in [5, 5.41) is 0. The van der Waals surface area contributed by atoms with Crippen molar-refractivity contribution in [2.45, 2.75) is 18.9 Å². The highest BCUT2D eigenvalue weighted by Gasteiger charge is 2.22. The number of benzene rings is 1. The van der Waals surface area contributed by atoms with E-state index < -0.39 is 0 Å². The Morgan fingerprint density at radius 1 is 1.24 bits per heavy atom. The van der Waals surface area contributed by atoms with Crippen LogP contribution < -0.4 is 5.69 Å². The van der Waals surface area contributed by atoms with Crippen LogP contribution in [0.2, 0.25) is 0 Å². The highest BCUT2D eigenvalue weighted by Crippen LogP contribution is 2.25. The van der Waals surface area contributed by atoms with Crippen LogP contribution in [-0.2, 0) is 0 Å². The lowest BCUT2D eigenvalue weighted by Gasteiger charge is -2.27. The van der Waals surface area contributed by atoms with E-state index in [1.165, 1.54) is 0 Å². The van der Waals surface area contributed by atoms with Gasteiger partial charge >= 0.3 is 5.69 Å². The molecular weight excluding hydrogens is 238 g/mol. The Bertz CT molecular complexity index is 581. The topological polar surface area (TPSA) is 41.0 Å². The summed E-state index contributed by atoms with van der Waals surface area (Å²) in [5.74, 6) is 0. The third-order valence-corrected chi connectivity index (χ3v) is 3.74. The second-order valence-corrected chi connectivity index (χ2v) is 4.94. The number of fused-ring (bicyclic) bond motifs is 1. The van der Waals surface area contributed by atoms with Gasteiger partial charge in [0, 0.05) is 19.1 Å². The maximum atomic E-state index is 12.0. The Morgan fingerprint density at radius 3 is 2.71 bits per heavy atom. The molecule has 1 aromatic carbocycles. The molecule has 4 nitrogen and oxygen atoms in total. The van der Waals surface area contributed by atoms with Crippen molar-refractivity contribution in [3.63, 3.8) is 0 Å². The van der Waals surface area contributed by atoms with Crippen molar-refractivity contribution in [3.8, 4) is 0 Å². The lowest BCUT2D eigenvalue weighted by atomic mass is 10.1. The van der Waals surface area contributed by atoms with Crippen molar-refractivity contribution in [2.24, 2.45) is 0 Å². The molecule has 1 fully saturated rings. The van der Waals surface area contributed by atoms with Gasteiger partial charge in [0.15, 0.2) is 0 Å². The van der Waals surface area contributed by atoms with Gasteiger partial charge in [0.1, 0.15) is 0 Å². The fourth-order valence-corrected chi connectivity index (χ4v) is 2.72. The predicted molar refractivity (Wildman–Crippen MR) is 68.3 cm³/mol. The van der Waals surface area contributed by atoms with Gasteiger partial charge in [-0.2, -0.15) is 0 Å². The largest absolute Gasteiger partial charge is 0.326 e. The molecule has 0 atom stereocenters. The molecule has 2 aromatic rings. The zero-order valence-corrected chi connectivity index (χ0v) is 10.2. The summed E-state index contributed by atoms with van der Waals surface area (Å²) in [6.07, 6.45) is 1.84. The third-order valence-electron chi connectivity index (χ3n) is 3.40. The molecule has 0 saturated carbocycles. The van der Waals surface area contributed by atoms with Crippen LogP contribution in [0.15, 0.2) is 29.1 Å². The van der Waals surface area contributed by atoms with Gasteiger partial charge in [0.05, 0.1) is 11.0 Å². The van der Waals surface area contributed by atoms with E-state index in [9.17, 15) is 4.79 Å². The van der Waals surface area contributed by atoms with Crippen LogP contribution in [0.25, 0.3) is 11.0 Å². The van der Waals surface area contributed by atoms with Gasteiger partial charge in [-0.25, -0.2) is 9.21 Å². The summed E-state index contributed by atoms with van der Waals surface area (Å²) in [4.78, 5) is 14.9. The Morgan fingerprint density at radius 2 is 1.94 bits per heavy atom. The maximum absolute atomic E-state index is 12.0. The van der Waals surface area contributed by atoms with Crippen LogP contribution >= 0.6 is 11.8 Å². The second-order valence-electron chi connectivity index (χ2n) is 4.46. The molecule has 3 rings (SSSR count). The van der Waals surface area contributed by atoms with Crippen LogP contribution in [-0.4, -0.2) is 27.1 Å². The summed E-state index contributed by atoms with van der Waals surface area (Å²) < 4.78 is 3.66. The summed E-state index contributed by atoms with van der Waals surface area (Å²) in [6, 6.07) is 8.07. The van der Waals surface area contributed by atoms with E-state index in [0.29, 0.717) is 0 Å². The second kappa shape index (κ2) is 4.20. The van der Waals surface area contributed by atoms with E-state index in [0.717, 1.165) is 37.0 Å². The predicted octanol–water partition coefficient (Wildman–Crippen LogP) is 2.12. The highest BCUT2D eigenvalue weighted by atomic mass is 35.5. The number of hydrogen-bond acceptors (Lipinski definition) is 2. The van der Waals surface area contributed by atoms with Gasteiger partial charge in [-0.05, 0) is 36.8 Å². The first-order valence-electron chi connectivity index (χ1n) is 5.85. The molecule has 0 bridgehead atoms. The number of halogens is 1. The number of para-hydroxylation sites is 2. The molecular formula is C12H14ClN3O. The summed E-state index contributed by atoms with van der Waals surface area (Å²) >= 11 is 5.94. The smallest absolute Gasteiger partial charge is 0.306 e. The fraction of sp³-hybridized carbons (Fsp3) is 0.417. The molecule has 0 amide bonds. The highest BCUT2D eigenvalue weighted by molar-refractivity contribution is 6.13. The third kappa shape index (κ3) is 1.87. The van der Waals surface area contributed by atoms with Gasteiger partial charge in [-0.3, -0.25) is 4.57 Å². The van der Waals surface area contributed by atoms with E-state index in [4.69, 9.17) is 11.8 Å². The molecule has 0 spiro atoms. The van der Waals surface area contributed by atoms with Crippen LogP contribution in [0, 0.1) is 0 Å². The average Bonchev–Trinajstić information content (AvgIpc) is 2.66. The van der Waals surface area contributed by atoms with E-state index in [1.54, 1.807) is 4.42 Å². The number of aromatic amines is 1. The molecule has 2 heterocycles. The van der Waals surface area contributed by atoms with Gasteiger partial charge in [-0.15, -0.1) is 0 Å². The van der Waals surface area contributed by atoms with Crippen LogP contribution in [0.4, 0.5) is 0 Å². The normalized spacial score (nSPS) is 18.9. The first-order chi connectivity index (χ1) is 8.25. The van der Waals surface area contributed by atoms with Gasteiger partial charge in [0.2, 0.25) is 0 Å². The minimum absolute atomic E-state index is 0.0146. The zero-order chi connectivity index (χ0) is 11.8. The van der Waals surface area contributed by atoms with Crippen LogP contribution in [0.5, 0.6) is 0 Å². The van der Waals surface area contributed by atoms with E-state index in [-0.39, 0.29) is 11.7 Å². The molecule has 0 aliphatic carbocycles. The van der Waals surface area contributed by atoms with Crippen molar-refractivity contribution < 1.29 is 0 Å². The molecule has 1 saturated heterocycles. The van der Waals surface area contributed by atoms with E-state index >= 15 is 0 Å². The molecule has 0 unspecified atom stereocenters. The Kier molecular flexibility index (Phi) is 2.68. The lowest BCUT2D eigenvalue weighted by molar-refractivity contribution is 0.283. The molecule has 90 valence electrons. The molecule has 1 aromatic heterocycles. The fourth-order valence-electron chi connectivity index (χ4n) is 2.53. The molecule has 0 radical (unpaired) electrons. The monoisotopic (exact) mass is 251 g/mol. The number of imidazole rings is 1. The molecule has 1 aliphatic heterocycles. The minimum Gasteiger partial charge on any atom is -0.306 e. The molecule has 1 aliphatic rings. The Hall–Kier alpha value is -1.26.